The van der Waals surface area contributed by atoms with Crippen LogP contribution in [0, 0.1) is 0 Å². The zero-order chi connectivity index (χ0) is 18.6. The fourth-order valence-corrected chi connectivity index (χ4v) is 2.89. The first-order chi connectivity index (χ1) is 12.7. The third-order valence-corrected chi connectivity index (χ3v) is 4.36. The van der Waals surface area contributed by atoms with Crippen LogP contribution >= 0.6 is 0 Å². The predicted octanol–water partition coefficient (Wildman–Crippen LogP) is 0.710. The van der Waals surface area contributed by atoms with Crippen molar-refractivity contribution >= 4 is 11.9 Å². The van der Waals surface area contributed by atoms with Gasteiger partial charge in [-0.2, -0.15) is 0 Å². The summed E-state index contributed by atoms with van der Waals surface area (Å²) in [5.74, 6) is 0.518. The molecule has 1 aromatic carbocycles. The molecule has 1 fully saturated rings. The Morgan fingerprint density at radius 3 is 2.46 bits per heavy atom. The van der Waals surface area contributed by atoms with E-state index in [9.17, 15) is 4.79 Å². The number of ether oxygens (including phenoxy) is 1. The summed E-state index contributed by atoms with van der Waals surface area (Å²) in [5.41, 5.74) is 2.54. The van der Waals surface area contributed by atoms with E-state index < -0.39 is 0 Å². The summed E-state index contributed by atoms with van der Waals surface area (Å²) in [5, 5.41) is 8.99. The van der Waals surface area contributed by atoms with E-state index in [0.717, 1.165) is 6.54 Å². The Labute approximate surface area is 156 Å². The third-order valence-electron chi connectivity index (χ3n) is 4.36. The van der Waals surface area contributed by atoms with Crippen molar-refractivity contribution in [1.29, 1.82) is 0 Å². The second kappa shape index (κ2) is 11.5. The first-order valence-electron chi connectivity index (χ1n) is 9.21. The molecule has 1 heterocycles. The maximum atomic E-state index is 11.7. The molecule has 144 valence electrons. The number of carbonyl (C=O) groups excluding carboxylic acids is 1. The van der Waals surface area contributed by atoms with Crippen molar-refractivity contribution in [2.75, 3.05) is 46.9 Å². The van der Waals surface area contributed by atoms with Gasteiger partial charge in [0.05, 0.1) is 13.2 Å². The number of likely N-dealkylation sites (tertiary alicyclic amines) is 1. The summed E-state index contributed by atoms with van der Waals surface area (Å²) in [6, 6.07) is 8.66. The van der Waals surface area contributed by atoms with Crippen LogP contribution in [0.3, 0.4) is 0 Å². The molecule has 1 aliphatic rings. The number of rotatable bonds is 9. The van der Waals surface area contributed by atoms with Crippen LogP contribution in [-0.4, -0.2) is 63.7 Å². The second-order valence-electron chi connectivity index (χ2n) is 6.42. The number of methoxy groups -OCH3 is 1. The van der Waals surface area contributed by atoms with Crippen molar-refractivity contribution in [3.63, 3.8) is 0 Å². The highest BCUT2D eigenvalue weighted by molar-refractivity contribution is 5.86. The quantitative estimate of drug-likeness (QED) is 0.343. The largest absolute Gasteiger partial charge is 0.383 e. The van der Waals surface area contributed by atoms with Crippen molar-refractivity contribution in [2.24, 2.45) is 4.99 Å². The monoisotopic (exact) mass is 361 g/mol. The Morgan fingerprint density at radius 2 is 1.81 bits per heavy atom. The molecule has 3 N–H and O–H groups in total. The Morgan fingerprint density at radius 1 is 1.12 bits per heavy atom. The van der Waals surface area contributed by atoms with Crippen LogP contribution < -0.4 is 16.0 Å². The lowest BCUT2D eigenvalue weighted by atomic mass is 10.1. The van der Waals surface area contributed by atoms with E-state index in [4.69, 9.17) is 4.74 Å². The number of carbonyl (C=O) groups is 1. The van der Waals surface area contributed by atoms with Gasteiger partial charge in [-0.3, -0.25) is 14.7 Å². The molecule has 0 radical (unpaired) electrons. The molecule has 1 amide bonds. The van der Waals surface area contributed by atoms with Crippen molar-refractivity contribution in [3.05, 3.63) is 35.4 Å². The highest BCUT2D eigenvalue weighted by Gasteiger charge is 2.11. The molecule has 7 heteroatoms. The van der Waals surface area contributed by atoms with E-state index in [1.165, 1.54) is 37.1 Å². The predicted molar refractivity (Wildman–Crippen MR) is 104 cm³/mol. The summed E-state index contributed by atoms with van der Waals surface area (Å²) < 4.78 is 4.90. The molecule has 1 aliphatic heterocycles. The van der Waals surface area contributed by atoms with Gasteiger partial charge in [0.2, 0.25) is 5.91 Å². The zero-order valence-electron chi connectivity index (χ0n) is 15.9. The van der Waals surface area contributed by atoms with E-state index in [1.54, 1.807) is 14.2 Å². The summed E-state index contributed by atoms with van der Waals surface area (Å²) in [6.07, 6.45) is 2.64. The van der Waals surface area contributed by atoms with Gasteiger partial charge in [0.15, 0.2) is 5.96 Å². The minimum Gasteiger partial charge on any atom is -0.383 e. The summed E-state index contributed by atoms with van der Waals surface area (Å²) in [4.78, 5) is 18.3. The maximum Gasteiger partial charge on any atom is 0.239 e. The van der Waals surface area contributed by atoms with E-state index in [0.29, 0.717) is 25.7 Å². The molecule has 0 atom stereocenters. The van der Waals surface area contributed by atoms with E-state index in [-0.39, 0.29) is 12.5 Å². The van der Waals surface area contributed by atoms with Gasteiger partial charge in [0.25, 0.3) is 0 Å². The molecule has 0 unspecified atom stereocenters. The van der Waals surface area contributed by atoms with Gasteiger partial charge in [-0.1, -0.05) is 24.3 Å². The van der Waals surface area contributed by atoms with Gasteiger partial charge >= 0.3 is 0 Å². The van der Waals surface area contributed by atoms with Crippen LogP contribution in [0.2, 0.25) is 0 Å². The fraction of sp³-hybridized carbons (Fsp3) is 0.579. The number of aliphatic imine (C=N–C) groups is 1. The zero-order valence-corrected chi connectivity index (χ0v) is 15.9. The van der Waals surface area contributed by atoms with Crippen molar-refractivity contribution < 1.29 is 9.53 Å². The van der Waals surface area contributed by atoms with Gasteiger partial charge in [-0.25, -0.2) is 0 Å². The van der Waals surface area contributed by atoms with Crippen molar-refractivity contribution in [1.82, 2.24) is 20.9 Å². The molecule has 26 heavy (non-hydrogen) atoms. The number of benzene rings is 1. The van der Waals surface area contributed by atoms with Crippen LogP contribution in [0.1, 0.15) is 24.0 Å². The maximum absolute atomic E-state index is 11.7. The topological polar surface area (TPSA) is 78.0 Å². The summed E-state index contributed by atoms with van der Waals surface area (Å²) >= 11 is 0. The van der Waals surface area contributed by atoms with Gasteiger partial charge in [-0.15, -0.1) is 0 Å². The molecule has 0 bridgehead atoms. The highest BCUT2D eigenvalue weighted by Crippen LogP contribution is 2.13. The fourth-order valence-electron chi connectivity index (χ4n) is 2.89. The van der Waals surface area contributed by atoms with Gasteiger partial charge in [0.1, 0.15) is 0 Å². The van der Waals surface area contributed by atoms with Gasteiger partial charge in [-0.05, 0) is 37.1 Å². The van der Waals surface area contributed by atoms with Gasteiger partial charge in [0, 0.05) is 33.8 Å². The van der Waals surface area contributed by atoms with Crippen molar-refractivity contribution in [2.45, 2.75) is 25.9 Å². The molecule has 0 spiro atoms. The number of hydrogen-bond acceptors (Lipinski definition) is 4. The van der Waals surface area contributed by atoms with E-state index >= 15 is 0 Å². The molecule has 0 aromatic heterocycles. The Bertz CT molecular complexity index is 568. The Balaban J connectivity index is 1.69. The standard InChI is InChI=1S/C19H31N5O2/c1-20-19(23-14-18(25)21-9-12-26-2)22-13-16-5-7-17(8-6-16)15-24-10-3-4-11-24/h5-8H,3-4,9-15H2,1-2H3,(H,21,25)(H2,20,22,23). The molecular formula is C19H31N5O2. The highest BCUT2D eigenvalue weighted by atomic mass is 16.5. The second-order valence-corrected chi connectivity index (χ2v) is 6.42. The molecular weight excluding hydrogens is 330 g/mol. The molecule has 2 rings (SSSR count). The molecule has 1 aromatic rings. The number of amides is 1. The minimum absolute atomic E-state index is 0.0868. The van der Waals surface area contributed by atoms with E-state index in [1.807, 2.05) is 0 Å². The molecule has 0 saturated carbocycles. The van der Waals surface area contributed by atoms with Crippen LogP contribution in [0.15, 0.2) is 29.3 Å². The lowest BCUT2D eigenvalue weighted by Gasteiger charge is -2.15. The first kappa shape index (κ1) is 20.2. The number of hydrogen-bond donors (Lipinski definition) is 3. The van der Waals surface area contributed by atoms with Crippen molar-refractivity contribution in [3.8, 4) is 0 Å². The SMILES string of the molecule is CN=C(NCC(=O)NCCOC)NCc1ccc(CN2CCCC2)cc1. The first-order valence-corrected chi connectivity index (χ1v) is 9.21. The lowest BCUT2D eigenvalue weighted by molar-refractivity contribution is -0.120. The summed E-state index contributed by atoms with van der Waals surface area (Å²) in [6.45, 7) is 5.32. The molecule has 7 nitrogen and oxygen atoms in total. The summed E-state index contributed by atoms with van der Waals surface area (Å²) in [7, 11) is 3.30. The smallest absolute Gasteiger partial charge is 0.239 e. The minimum atomic E-state index is -0.0868. The number of nitrogens with one attached hydrogen (secondary N) is 3. The average molecular weight is 361 g/mol. The third kappa shape index (κ3) is 7.41. The Hall–Kier alpha value is -2.12. The lowest BCUT2D eigenvalue weighted by Crippen LogP contribution is -2.43. The van der Waals surface area contributed by atoms with Gasteiger partial charge < -0.3 is 20.7 Å². The Kier molecular flexibility index (Phi) is 8.92. The van der Waals surface area contributed by atoms with Crippen LogP contribution in [0.25, 0.3) is 0 Å². The van der Waals surface area contributed by atoms with E-state index in [2.05, 4.69) is 50.1 Å². The molecule has 1 saturated heterocycles. The molecule has 0 aliphatic carbocycles. The van der Waals surface area contributed by atoms with Crippen LogP contribution in [0.5, 0.6) is 0 Å². The van der Waals surface area contributed by atoms with Crippen LogP contribution in [0.4, 0.5) is 0 Å². The number of nitrogens with zero attached hydrogens (tertiary/aromatic N) is 2. The van der Waals surface area contributed by atoms with Crippen LogP contribution in [-0.2, 0) is 22.6 Å². The normalized spacial score (nSPS) is 15.1. The average Bonchev–Trinajstić information content (AvgIpc) is 3.16. The number of guanidine groups is 1.